The van der Waals surface area contributed by atoms with Crippen molar-refractivity contribution in [1.29, 1.82) is 0 Å². The van der Waals surface area contributed by atoms with Gasteiger partial charge in [-0.05, 0) is 62.7 Å². The molecule has 14 nitrogen and oxygen atoms in total. The number of anilines is 2. The summed E-state index contributed by atoms with van der Waals surface area (Å²) < 4.78 is 11.2. The molecular weight excluding hydrogens is 644 g/mol. The number of nitrogen functional groups attached to an aromatic ring is 1. The first kappa shape index (κ1) is 32.0. The van der Waals surface area contributed by atoms with Crippen molar-refractivity contribution in [2.75, 3.05) is 31.4 Å². The van der Waals surface area contributed by atoms with Gasteiger partial charge in [0.25, 0.3) is 11.7 Å². The molecule has 5 aromatic heterocycles. The Labute approximate surface area is 293 Å². The number of aromatic nitrogens is 8. The number of imidazole rings is 2. The van der Waals surface area contributed by atoms with E-state index in [4.69, 9.17) is 20.4 Å². The second kappa shape index (κ2) is 13.2. The highest BCUT2D eigenvalue weighted by Gasteiger charge is 2.24. The van der Waals surface area contributed by atoms with Crippen molar-refractivity contribution in [2.24, 2.45) is 7.05 Å². The number of carbonyl (C=O) groups excluding carboxylic acids is 1. The van der Waals surface area contributed by atoms with Crippen LogP contribution in [0.1, 0.15) is 46.1 Å². The van der Waals surface area contributed by atoms with Crippen LogP contribution < -0.4 is 31.2 Å². The van der Waals surface area contributed by atoms with Gasteiger partial charge >= 0.3 is 0 Å². The maximum atomic E-state index is 13.3. The van der Waals surface area contributed by atoms with Crippen LogP contribution in [0.2, 0.25) is 0 Å². The SMILES string of the molecule is COc1ccc(CNC(=O)c2cccc(-c3cnc(Nn4cc(-c5c(C)nc6c(N)nccn56)c[n+]4C)c4nc(C5CCNCC5)cn34)c2)cc1. The van der Waals surface area contributed by atoms with Gasteiger partial charge in [-0.15, -0.1) is 5.43 Å². The number of aryl methyl sites for hydroxylation is 2. The summed E-state index contributed by atoms with van der Waals surface area (Å²) >= 11 is 0. The Bertz CT molecular complexity index is 2390. The maximum absolute atomic E-state index is 13.3. The highest BCUT2D eigenvalue weighted by atomic mass is 16.5. The number of nitrogens with one attached hydrogen (secondary N) is 3. The average molecular weight is 684 g/mol. The molecule has 1 amide bonds. The van der Waals surface area contributed by atoms with Crippen molar-refractivity contribution in [3.63, 3.8) is 0 Å². The highest BCUT2D eigenvalue weighted by molar-refractivity contribution is 5.95. The van der Waals surface area contributed by atoms with Gasteiger partial charge < -0.3 is 21.1 Å². The van der Waals surface area contributed by atoms with Crippen LogP contribution in [-0.4, -0.2) is 59.6 Å². The quantitative estimate of drug-likeness (QED) is 0.166. The molecule has 0 unspecified atom stereocenters. The van der Waals surface area contributed by atoms with E-state index in [1.165, 1.54) is 0 Å². The summed E-state index contributed by atoms with van der Waals surface area (Å²) in [6.07, 6.45) is 13.5. The van der Waals surface area contributed by atoms with Crippen LogP contribution in [0.15, 0.2) is 85.7 Å². The van der Waals surface area contributed by atoms with E-state index in [9.17, 15) is 4.79 Å². The molecule has 1 saturated heterocycles. The summed E-state index contributed by atoms with van der Waals surface area (Å²) in [7, 11) is 3.59. The van der Waals surface area contributed by atoms with Gasteiger partial charge in [0.05, 0.1) is 41.6 Å². The van der Waals surface area contributed by atoms with Gasteiger partial charge in [-0.2, -0.15) is 4.68 Å². The van der Waals surface area contributed by atoms with Gasteiger partial charge in [0.15, 0.2) is 11.5 Å². The smallest absolute Gasteiger partial charge is 0.281 e. The molecule has 0 spiro atoms. The van der Waals surface area contributed by atoms with E-state index in [0.29, 0.717) is 41.0 Å². The molecule has 1 aliphatic heterocycles. The van der Waals surface area contributed by atoms with Gasteiger partial charge in [-0.25, -0.2) is 19.9 Å². The predicted molar refractivity (Wildman–Crippen MR) is 193 cm³/mol. The van der Waals surface area contributed by atoms with E-state index < -0.39 is 0 Å². The lowest BCUT2D eigenvalue weighted by molar-refractivity contribution is -0.748. The number of piperidine rings is 1. The summed E-state index contributed by atoms with van der Waals surface area (Å²) in [4.78, 5) is 34.1. The normalized spacial score (nSPS) is 13.5. The Hall–Kier alpha value is -6.28. The van der Waals surface area contributed by atoms with Crippen molar-refractivity contribution in [3.05, 3.63) is 108 Å². The molecule has 0 saturated carbocycles. The van der Waals surface area contributed by atoms with Crippen molar-refractivity contribution in [2.45, 2.75) is 32.2 Å². The molecule has 0 bridgehead atoms. The number of amides is 1. The minimum Gasteiger partial charge on any atom is -0.497 e. The van der Waals surface area contributed by atoms with Crippen LogP contribution in [0.3, 0.4) is 0 Å². The second-order valence-corrected chi connectivity index (χ2v) is 12.8. The molecule has 1 fully saturated rings. The maximum Gasteiger partial charge on any atom is 0.281 e. The number of ether oxygens (including phenoxy) is 1. The molecule has 0 aliphatic carbocycles. The topological polar surface area (TPSA) is 158 Å². The summed E-state index contributed by atoms with van der Waals surface area (Å²) in [6.45, 7) is 4.27. The van der Waals surface area contributed by atoms with Gasteiger partial charge in [0, 0.05) is 42.2 Å². The van der Waals surface area contributed by atoms with E-state index >= 15 is 0 Å². The van der Waals surface area contributed by atoms with E-state index in [1.807, 2.05) is 101 Å². The van der Waals surface area contributed by atoms with Gasteiger partial charge in [-0.3, -0.25) is 13.6 Å². The molecule has 258 valence electrons. The molecular formula is C37H39N12O2+. The lowest BCUT2D eigenvalue weighted by Gasteiger charge is -2.20. The number of benzene rings is 2. The first-order valence-corrected chi connectivity index (χ1v) is 16.9. The molecule has 1 aliphatic rings. The van der Waals surface area contributed by atoms with Crippen molar-refractivity contribution in [3.8, 4) is 28.3 Å². The second-order valence-electron chi connectivity index (χ2n) is 12.8. The van der Waals surface area contributed by atoms with Crippen molar-refractivity contribution < 1.29 is 14.2 Å². The number of fused-ring (bicyclic) bond motifs is 2. The number of nitrogens with two attached hydrogens (primary N) is 1. The van der Waals surface area contributed by atoms with Gasteiger partial charge in [0.2, 0.25) is 5.65 Å². The Kier molecular flexibility index (Phi) is 8.28. The molecule has 6 heterocycles. The lowest BCUT2D eigenvalue weighted by Crippen LogP contribution is -2.41. The number of hydrogen-bond acceptors (Lipinski definition) is 9. The highest BCUT2D eigenvalue weighted by Crippen LogP contribution is 2.31. The van der Waals surface area contributed by atoms with Crippen LogP contribution in [0.25, 0.3) is 33.8 Å². The molecule has 2 aromatic carbocycles. The molecule has 0 atom stereocenters. The van der Waals surface area contributed by atoms with E-state index in [-0.39, 0.29) is 5.91 Å². The Balaban J connectivity index is 1.13. The number of rotatable bonds is 9. The van der Waals surface area contributed by atoms with Crippen LogP contribution >= 0.6 is 0 Å². The fraction of sp³-hybridized carbons (Fsp3) is 0.243. The summed E-state index contributed by atoms with van der Waals surface area (Å²) in [6, 6.07) is 15.3. The van der Waals surface area contributed by atoms with Crippen LogP contribution in [0.4, 0.5) is 11.6 Å². The number of nitrogens with zero attached hydrogens (tertiary/aromatic N) is 8. The van der Waals surface area contributed by atoms with Crippen molar-refractivity contribution in [1.82, 2.24) is 44.2 Å². The molecule has 7 aromatic rings. The molecule has 5 N–H and O–H groups in total. The predicted octanol–water partition coefficient (Wildman–Crippen LogP) is 3.90. The average Bonchev–Trinajstić information content (AvgIpc) is 3.86. The molecule has 14 heteroatoms. The standard InChI is InChI=1S/C37H38N12O2/c1-23-32(47-16-15-40-33(38)35(47)43-23)28-20-46(2)49(21-28)45-34-36-44-30(25-11-13-39-14-12-25)22-48(36)31(19-41-34)26-5-4-6-27(17-26)37(50)42-18-24-7-9-29(51-3)10-8-24/h4-10,15-17,19-22,25,39H,11-14,18H2,1-3H3,(H3-,38,40,41,42,45,50)/p+1. The van der Waals surface area contributed by atoms with Gasteiger partial charge in [-0.1, -0.05) is 29.1 Å². The van der Waals surface area contributed by atoms with Crippen LogP contribution in [0, 0.1) is 6.92 Å². The third-order valence-electron chi connectivity index (χ3n) is 9.47. The number of carbonyl (C=O) groups is 1. The lowest BCUT2D eigenvalue weighted by atomic mass is 9.95. The summed E-state index contributed by atoms with van der Waals surface area (Å²) in [5.74, 6) is 1.91. The zero-order valence-corrected chi connectivity index (χ0v) is 28.7. The van der Waals surface area contributed by atoms with Crippen LogP contribution in [0.5, 0.6) is 5.75 Å². The number of hydrogen-bond donors (Lipinski definition) is 4. The van der Waals surface area contributed by atoms with Crippen molar-refractivity contribution >= 4 is 28.8 Å². The molecule has 0 radical (unpaired) electrons. The zero-order valence-electron chi connectivity index (χ0n) is 28.7. The molecule has 8 rings (SSSR count). The third kappa shape index (κ3) is 6.10. The van der Waals surface area contributed by atoms with E-state index in [2.05, 4.69) is 36.6 Å². The summed E-state index contributed by atoms with van der Waals surface area (Å²) in [5, 5.41) is 6.49. The Morgan fingerprint density at radius 2 is 1.86 bits per heavy atom. The molecule has 51 heavy (non-hydrogen) atoms. The third-order valence-corrected chi connectivity index (χ3v) is 9.47. The monoisotopic (exact) mass is 683 g/mol. The minimum absolute atomic E-state index is 0.160. The van der Waals surface area contributed by atoms with Gasteiger partial charge in [0.1, 0.15) is 25.2 Å². The fourth-order valence-electron chi connectivity index (χ4n) is 6.77. The van der Waals surface area contributed by atoms with E-state index in [0.717, 1.165) is 71.1 Å². The Morgan fingerprint density at radius 3 is 2.67 bits per heavy atom. The summed E-state index contributed by atoms with van der Waals surface area (Å²) in [5.41, 5.74) is 17.9. The Morgan fingerprint density at radius 1 is 1.04 bits per heavy atom. The minimum atomic E-state index is -0.160. The largest absolute Gasteiger partial charge is 0.497 e. The first-order chi connectivity index (χ1) is 24.9. The number of methoxy groups -OCH3 is 1. The first-order valence-electron chi connectivity index (χ1n) is 16.9. The fourth-order valence-corrected chi connectivity index (χ4v) is 6.77. The van der Waals surface area contributed by atoms with Crippen LogP contribution in [-0.2, 0) is 13.6 Å². The zero-order chi connectivity index (χ0) is 35.1. The van der Waals surface area contributed by atoms with E-state index in [1.54, 1.807) is 13.3 Å².